The molecule has 0 radical (unpaired) electrons. The minimum Gasteiger partial charge on any atom is -0.497 e. The van der Waals surface area contributed by atoms with Crippen molar-refractivity contribution >= 4 is 45.0 Å². The first-order valence-electron chi connectivity index (χ1n) is 9.29. The summed E-state index contributed by atoms with van der Waals surface area (Å²) < 4.78 is 32.7. The molecule has 0 atom stereocenters. The van der Waals surface area contributed by atoms with Crippen LogP contribution in [-0.2, 0) is 14.8 Å². The number of carbonyl (C=O) groups is 1. The van der Waals surface area contributed by atoms with Crippen LogP contribution in [0.4, 0.5) is 11.4 Å². The fourth-order valence-electron chi connectivity index (χ4n) is 2.66. The Morgan fingerprint density at radius 1 is 0.968 bits per heavy atom. The van der Waals surface area contributed by atoms with E-state index in [-0.39, 0.29) is 10.8 Å². The predicted octanol–water partition coefficient (Wildman–Crippen LogP) is 5.11. The number of sulfonamides is 1. The van der Waals surface area contributed by atoms with Crippen LogP contribution in [0.1, 0.15) is 11.1 Å². The molecule has 1 amide bonds. The van der Waals surface area contributed by atoms with Crippen LogP contribution in [-0.4, -0.2) is 21.4 Å². The monoisotopic (exact) mass is 456 g/mol. The van der Waals surface area contributed by atoms with Crippen LogP contribution in [0.2, 0.25) is 5.02 Å². The summed E-state index contributed by atoms with van der Waals surface area (Å²) in [5.41, 5.74) is 2.55. The fraction of sp³-hybridized carbons (Fsp3) is 0.0870. The maximum absolute atomic E-state index is 12.6. The number of nitrogens with one attached hydrogen (secondary N) is 2. The molecule has 3 aromatic rings. The van der Waals surface area contributed by atoms with Gasteiger partial charge in [-0.2, -0.15) is 0 Å². The largest absolute Gasteiger partial charge is 0.497 e. The van der Waals surface area contributed by atoms with Crippen LogP contribution in [0.25, 0.3) is 6.08 Å². The van der Waals surface area contributed by atoms with Gasteiger partial charge in [0.25, 0.3) is 10.0 Å². The molecule has 2 N–H and O–H groups in total. The van der Waals surface area contributed by atoms with Crippen molar-refractivity contribution in [3.63, 3.8) is 0 Å². The van der Waals surface area contributed by atoms with Gasteiger partial charge in [-0.05, 0) is 72.7 Å². The number of halogens is 1. The lowest BCUT2D eigenvalue weighted by Gasteiger charge is -2.10. The average Bonchev–Trinajstić information content (AvgIpc) is 2.75. The average molecular weight is 457 g/mol. The third-order valence-corrected chi connectivity index (χ3v) is 6.20. The smallest absolute Gasteiger partial charge is 0.261 e. The topological polar surface area (TPSA) is 84.5 Å². The van der Waals surface area contributed by atoms with E-state index < -0.39 is 10.0 Å². The summed E-state index contributed by atoms with van der Waals surface area (Å²) in [7, 11) is -2.20. The summed E-state index contributed by atoms with van der Waals surface area (Å²) in [6, 6.07) is 18.1. The number of hydrogen-bond acceptors (Lipinski definition) is 4. The molecule has 0 bridgehead atoms. The zero-order valence-corrected chi connectivity index (χ0v) is 18.5. The maximum Gasteiger partial charge on any atom is 0.261 e. The molecule has 0 aliphatic rings. The van der Waals surface area contributed by atoms with Crippen molar-refractivity contribution in [3.05, 3.63) is 89.0 Å². The molecule has 3 aromatic carbocycles. The van der Waals surface area contributed by atoms with Gasteiger partial charge in [0, 0.05) is 16.8 Å². The van der Waals surface area contributed by atoms with Crippen molar-refractivity contribution in [1.82, 2.24) is 0 Å². The highest BCUT2D eigenvalue weighted by molar-refractivity contribution is 7.92. The number of benzene rings is 3. The van der Waals surface area contributed by atoms with Crippen molar-refractivity contribution in [2.24, 2.45) is 0 Å². The van der Waals surface area contributed by atoms with E-state index in [1.165, 1.54) is 30.3 Å². The van der Waals surface area contributed by atoms with Crippen LogP contribution < -0.4 is 14.8 Å². The summed E-state index contributed by atoms with van der Waals surface area (Å²) in [4.78, 5) is 12.2. The lowest BCUT2D eigenvalue weighted by atomic mass is 10.2. The van der Waals surface area contributed by atoms with Gasteiger partial charge in [-0.3, -0.25) is 9.52 Å². The zero-order chi connectivity index (χ0) is 22.4. The summed E-state index contributed by atoms with van der Waals surface area (Å²) in [6.45, 7) is 1.83. The zero-order valence-electron chi connectivity index (χ0n) is 16.9. The predicted molar refractivity (Wildman–Crippen MR) is 124 cm³/mol. The Labute approximate surface area is 186 Å². The molecule has 0 aromatic heterocycles. The normalized spacial score (nSPS) is 11.3. The highest BCUT2D eigenvalue weighted by Gasteiger charge is 2.14. The van der Waals surface area contributed by atoms with Crippen molar-refractivity contribution in [3.8, 4) is 5.75 Å². The van der Waals surface area contributed by atoms with Crippen LogP contribution in [0.5, 0.6) is 5.75 Å². The number of methoxy groups -OCH3 is 1. The minimum atomic E-state index is -3.79. The molecule has 0 aliphatic heterocycles. The second kappa shape index (κ2) is 9.68. The highest BCUT2D eigenvalue weighted by Crippen LogP contribution is 2.23. The van der Waals surface area contributed by atoms with Crippen molar-refractivity contribution in [1.29, 1.82) is 0 Å². The number of amides is 1. The highest BCUT2D eigenvalue weighted by atomic mass is 35.5. The molecule has 160 valence electrons. The first kappa shape index (κ1) is 22.4. The number of carbonyl (C=O) groups excluding carboxylic acids is 1. The van der Waals surface area contributed by atoms with Crippen molar-refractivity contribution < 1.29 is 17.9 Å². The Morgan fingerprint density at radius 2 is 1.61 bits per heavy atom. The molecule has 31 heavy (non-hydrogen) atoms. The summed E-state index contributed by atoms with van der Waals surface area (Å²) >= 11 is 6.05. The van der Waals surface area contributed by atoms with Crippen molar-refractivity contribution in [2.75, 3.05) is 17.1 Å². The number of anilines is 2. The molecule has 0 aliphatic carbocycles. The Balaban J connectivity index is 1.63. The number of hydrogen-bond donors (Lipinski definition) is 2. The van der Waals surface area contributed by atoms with Gasteiger partial charge in [-0.25, -0.2) is 8.42 Å². The molecule has 3 rings (SSSR count). The molecular weight excluding hydrogens is 436 g/mol. The second-order valence-corrected chi connectivity index (χ2v) is 8.78. The van der Waals surface area contributed by atoms with E-state index in [0.29, 0.717) is 16.4 Å². The van der Waals surface area contributed by atoms with Gasteiger partial charge >= 0.3 is 0 Å². The Morgan fingerprint density at radius 3 is 2.23 bits per heavy atom. The SMILES string of the molecule is COc1ccc(C=CC(=O)Nc2ccc(S(=O)(=O)Nc3ccc(C)c(Cl)c3)cc2)cc1. The molecule has 0 spiro atoms. The minimum absolute atomic E-state index is 0.0657. The van der Waals surface area contributed by atoms with Gasteiger partial charge in [0.2, 0.25) is 5.91 Å². The van der Waals surface area contributed by atoms with Crippen LogP contribution in [0.15, 0.2) is 77.7 Å². The van der Waals surface area contributed by atoms with Gasteiger partial charge < -0.3 is 10.1 Å². The van der Waals surface area contributed by atoms with E-state index in [1.54, 1.807) is 43.5 Å². The van der Waals surface area contributed by atoms with Crippen LogP contribution in [0.3, 0.4) is 0 Å². The molecule has 0 unspecified atom stereocenters. The summed E-state index contributed by atoms with van der Waals surface area (Å²) in [6.07, 6.45) is 3.07. The summed E-state index contributed by atoms with van der Waals surface area (Å²) in [5.74, 6) is 0.399. The molecule has 0 saturated heterocycles. The number of rotatable bonds is 7. The van der Waals surface area contributed by atoms with Gasteiger partial charge in [-0.15, -0.1) is 0 Å². The third kappa shape index (κ3) is 6.10. The fourth-order valence-corrected chi connectivity index (χ4v) is 3.89. The maximum atomic E-state index is 12.6. The van der Waals surface area contributed by atoms with E-state index in [4.69, 9.17) is 16.3 Å². The quantitative estimate of drug-likeness (QED) is 0.484. The second-order valence-electron chi connectivity index (χ2n) is 6.69. The van der Waals surface area contributed by atoms with Gasteiger partial charge in [0.1, 0.15) is 5.75 Å². The number of ether oxygens (including phenoxy) is 1. The first-order valence-corrected chi connectivity index (χ1v) is 11.1. The van der Waals surface area contributed by atoms with E-state index >= 15 is 0 Å². The molecule has 6 nitrogen and oxygen atoms in total. The molecule has 0 fully saturated rings. The molecular formula is C23H21ClN2O4S. The Kier molecular flexibility index (Phi) is 6.99. The van der Waals surface area contributed by atoms with Gasteiger partial charge in [-0.1, -0.05) is 29.8 Å². The van der Waals surface area contributed by atoms with Gasteiger partial charge in [0.05, 0.1) is 17.7 Å². The molecule has 0 saturated carbocycles. The van der Waals surface area contributed by atoms with Crippen LogP contribution in [0, 0.1) is 6.92 Å². The van der Waals surface area contributed by atoms with Crippen LogP contribution >= 0.6 is 11.6 Å². The lowest BCUT2D eigenvalue weighted by Crippen LogP contribution is -2.13. The van der Waals surface area contributed by atoms with E-state index in [0.717, 1.165) is 16.9 Å². The third-order valence-electron chi connectivity index (χ3n) is 4.40. The lowest BCUT2D eigenvalue weighted by molar-refractivity contribution is -0.111. The van der Waals surface area contributed by atoms with Crippen molar-refractivity contribution in [2.45, 2.75) is 11.8 Å². The van der Waals surface area contributed by atoms with E-state index in [2.05, 4.69) is 10.0 Å². The Bertz CT molecular complexity index is 1210. The number of aryl methyl sites for hydroxylation is 1. The molecule has 8 heteroatoms. The first-order chi connectivity index (χ1) is 14.8. The van der Waals surface area contributed by atoms with E-state index in [1.807, 2.05) is 19.1 Å². The molecule has 0 heterocycles. The standard InChI is InChI=1S/C23H21ClN2O4S/c1-16-3-7-19(15-22(16)24)26-31(28,29)21-12-8-18(9-13-21)25-23(27)14-6-17-4-10-20(30-2)11-5-17/h3-15,26H,1-2H3,(H,25,27). The van der Waals surface area contributed by atoms with Gasteiger partial charge in [0.15, 0.2) is 0 Å². The summed E-state index contributed by atoms with van der Waals surface area (Å²) in [5, 5.41) is 3.17. The van der Waals surface area contributed by atoms with E-state index in [9.17, 15) is 13.2 Å². The Hall–Kier alpha value is -3.29.